The van der Waals surface area contributed by atoms with Crippen molar-refractivity contribution in [3.05, 3.63) is 90.0 Å². The van der Waals surface area contributed by atoms with Gasteiger partial charge in [-0.1, -0.05) is 48.0 Å². The molecule has 3 aromatic carbocycles. The molecule has 0 aliphatic rings. The quantitative estimate of drug-likeness (QED) is 0.210. The first-order valence-electron chi connectivity index (χ1n) is 10.8. The number of rotatable bonds is 10. The summed E-state index contributed by atoms with van der Waals surface area (Å²) in [5.74, 6) is 0.960. The van der Waals surface area contributed by atoms with Gasteiger partial charge in [0.05, 0.1) is 0 Å². The summed E-state index contributed by atoms with van der Waals surface area (Å²) >= 11 is 7.31. The Labute approximate surface area is 196 Å². The van der Waals surface area contributed by atoms with Crippen LogP contribution in [0.2, 0.25) is 0 Å². The summed E-state index contributed by atoms with van der Waals surface area (Å²) < 4.78 is 0. The highest BCUT2D eigenvalue weighted by Gasteiger charge is 2.04. The monoisotopic (exact) mass is 449 g/mol. The molecule has 0 fully saturated rings. The van der Waals surface area contributed by atoms with Gasteiger partial charge in [0.1, 0.15) is 0 Å². The minimum absolute atomic E-state index is 0.671. The molecule has 0 aromatic heterocycles. The number of hydrogen-bond donors (Lipinski definition) is 2. The van der Waals surface area contributed by atoms with Crippen molar-refractivity contribution in [1.29, 1.82) is 0 Å². The maximum Gasteiger partial charge on any atom is 0.170 e. The summed E-state index contributed by atoms with van der Waals surface area (Å²) in [6.07, 6.45) is 1.03. The lowest BCUT2D eigenvalue weighted by Crippen LogP contribution is -2.32. The van der Waals surface area contributed by atoms with Crippen molar-refractivity contribution in [3.8, 4) is 0 Å². The molecule has 0 radical (unpaired) electrons. The summed E-state index contributed by atoms with van der Waals surface area (Å²) in [5, 5.41) is 7.28. The van der Waals surface area contributed by atoms with Crippen LogP contribution in [0.5, 0.6) is 0 Å². The van der Waals surface area contributed by atoms with E-state index in [0.717, 1.165) is 37.5 Å². The summed E-state index contributed by atoms with van der Waals surface area (Å²) in [6, 6.07) is 27.7. The van der Waals surface area contributed by atoms with Crippen LogP contribution < -0.4 is 15.5 Å². The van der Waals surface area contributed by atoms with Crippen molar-refractivity contribution < 1.29 is 0 Å². The number of anilines is 2. The van der Waals surface area contributed by atoms with E-state index < -0.39 is 0 Å². The van der Waals surface area contributed by atoms with E-state index in [9.17, 15) is 0 Å². The van der Waals surface area contributed by atoms with Crippen molar-refractivity contribution in [3.63, 3.8) is 0 Å². The number of nitrogens with one attached hydrogen (secondary N) is 2. The van der Waals surface area contributed by atoms with Crippen LogP contribution in [0.25, 0.3) is 0 Å². The second-order valence-corrected chi connectivity index (χ2v) is 8.91. The van der Waals surface area contributed by atoms with Crippen LogP contribution in [0.3, 0.4) is 0 Å². The molecule has 0 amide bonds. The third kappa shape index (κ3) is 7.93. The Morgan fingerprint density at radius 2 is 1.65 bits per heavy atom. The number of hydrogen-bond acceptors (Lipinski definition) is 3. The van der Waals surface area contributed by atoms with Crippen LogP contribution in [0.15, 0.2) is 83.8 Å². The Kier molecular flexibility index (Phi) is 9.25. The van der Waals surface area contributed by atoms with Gasteiger partial charge in [-0.3, -0.25) is 0 Å². The average Bonchev–Trinajstić information content (AvgIpc) is 2.80. The minimum atomic E-state index is 0.671. The topological polar surface area (TPSA) is 27.3 Å². The molecule has 3 nitrogen and oxygen atoms in total. The normalized spacial score (nSPS) is 10.5. The standard InChI is InChI=1S/C26H31N3S2/c1-3-29(24-16-10-21(2)11-17-24)19-7-18-27-26(30)28-23-14-12-22(13-15-23)20-31-25-8-5-4-6-9-25/h4-6,8-17H,3,7,18-20H2,1-2H3,(H2,27,28,30). The average molecular weight is 450 g/mol. The SMILES string of the molecule is CCN(CCCNC(=S)Nc1ccc(CSc2ccccc2)cc1)c1ccc(C)cc1. The fourth-order valence-electron chi connectivity index (χ4n) is 3.24. The second-order valence-electron chi connectivity index (χ2n) is 7.45. The van der Waals surface area contributed by atoms with E-state index >= 15 is 0 Å². The van der Waals surface area contributed by atoms with Gasteiger partial charge in [-0.05, 0) is 74.4 Å². The lowest BCUT2D eigenvalue weighted by molar-refractivity contribution is 0.726. The maximum atomic E-state index is 5.46. The van der Waals surface area contributed by atoms with Crippen LogP contribution in [0.4, 0.5) is 11.4 Å². The second kappa shape index (κ2) is 12.4. The van der Waals surface area contributed by atoms with Crippen LogP contribution in [0, 0.1) is 6.92 Å². The highest BCUT2D eigenvalue weighted by Crippen LogP contribution is 2.23. The summed E-state index contributed by atoms with van der Waals surface area (Å²) in [5.41, 5.74) is 4.88. The summed E-state index contributed by atoms with van der Waals surface area (Å²) in [4.78, 5) is 3.68. The first-order valence-corrected chi connectivity index (χ1v) is 12.2. The molecule has 31 heavy (non-hydrogen) atoms. The smallest absolute Gasteiger partial charge is 0.170 e. The van der Waals surface area contributed by atoms with Gasteiger partial charge >= 0.3 is 0 Å². The number of thiocarbonyl (C=S) groups is 1. The molecule has 5 heteroatoms. The van der Waals surface area contributed by atoms with E-state index in [1.54, 1.807) is 0 Å². The predicted octanol–water partition coefficient (Wildman–Crippen LogP) is 6.49. The van der Waals surface area contributed by atoms with Crippen molar-refractivity contribution in [2.45, 2.75) is 30.9 Å². The van der Waals surface area contributed by atoms with Crippen LogP contribution in [-0.2, 0) is 5.75 Å². The Hall–Kier alpha value is -2.50. The largest absolute Gasteiger partial charge is 0.372 e. The Bertz CT molecular complexity index is 925. The zero-order chi connectivity index (χ0) is 21.9. The zero-order valence-corrected chi connectivity index (χ0v) is 19.9. The lowest BCUT2D eigenvalue weighted by atomic mass is 10.2. The highest BCUT2D eigenvalue weighted by atomic mass is 32.2. The van der Waals surface area contributed by atoms with Crippen LogP contribution in [0.1, 0.15) is 24.5 Å². The first kappa shape index (κ1) is 23.2. The molecule has 0 aliphatic heterocycles. The van der Waals surface area contributed by atoms with Crippen molar-refractivity contribution >= 4 is 40.5 Å². The van der Waals surface area contributed by atoms with E-state index in [1.165, 1.54) is 21.7 Å². The highest BCUT2D eigenvalue weighted by molar-refractivity contribution is 7.98. The van der Waals surface area contributed by atoms with Gasteiger partial charge in [0.15, 0.2) is 5.11 Å². The van der Waals surface area contributed by atoms with Gasteiger partial charge in [0.25, 0.3) is 0 Å². The van der Waals surface area contributed by atoms with Crippen LogP contribution in [-0.4, -0.2) is 24.7 Å². The third-order valence-corrected chi connectivity index (χ3v) is 6.36. The maximum absolute atomic E-state index is 5.46. The van der Waals surface area contributed by atoms with Gasteiger partial charge in [0.2, 0.25) is 0 Å². The molecular formula is C26H31N3S2. The predicted molar refractivity (Wildman–Crippen MR) is 140 cm³/mol. The van der Waals surface area contributed by atoms with Gasteiger partial charge in [-0.2, -0.15) is 0 Å². The Morgan fingerprint density at radius 3 is 2.32 bits per heavy atom. The molecule has 3 aromatic rings. The molecule has 0 aliphatic carbocycles. The van der Waals surface area contributed by atoms with Crippen molar-refractivity contribution in [2.75, 3.05) is 29.9 Å². The lowest BCUT2D eigenvalue weighted by Gasteiger charge is -2.23. The van der Waals surface area contributed by atoms with Crippen molar-refractivity contribution in [2.24, 2.45) is 0 Å². The van der Waals surface area contributed by atoms with Gasteiger partial charge in [-0.25, -0.2) is 0 Å². The van der Waals surface area contributed by atoms with E-state index in [4.69, 9.17) is 12.2 Å². The third-order valence-electron chi connectivity index (χ3n) is 5.03. The number of benzene rings is 3. The Balaban J connectivity index is 1.36. The molecule has 0 heterocycles. The zero-order valence-electron chi connectivity index (χ0n) is 18.3. The first-order chi connectivity index (χ1) is 15.1. The summed E-state index contributed by atoms with van der Waals surface area (Å²) in [6.45, 7) is 7.17. The van der Waals surface area contributed by atoms with Crippen LogP contribution >= 0.6 is 24.0 Å². The molecule has 0 spiro atoms. The van der Waals surface area contributed by atoms with E-state index in [0.29, 0.717) is 5.11 Å². The number of thioether (sulfide) groups is 1. The van der Waals surface area contributed by atoms with Gasteiger partial charge in [0, 0.05) is 41.7 Å². The molecular weight excluding hydrogens is 418 g/mol. The molecule has 0 bridgehead atoms. The fraction of sp³-hybridized carbons (Fsp3) is 0.269. The van der Waals surface area contributed by atoms with Crippen molar-refractivity contribution in [1.82, 2.24) is 5.32 Å². The van der Waals surface area contributed by atoms with Gasteiger partial charge < -0.3 is 15.5 Å². The molecule has 0 saturated heterocycles. The summed E-state index contributed by atoms with van der Waals surface area (Å²) in [7, 11) is 0. The van der Waals surface area contributed by atoms with Gasteiger partial charge in [-0.15, -0.1) is 11.8 Å². The number of aryl methyl sites for hydroxylation is 1. The fourth-order valence-corrected chi connectivity index (χ4v) is 4.34. The molecule has 0 unspecified atom stereocenters. The number of nitrogens with zero attached hydrogens (tertiary/aromatic N) is 1. The Morgan fingerprint density at radius 1 is 0.935 bits per heavy atom. The van der Waals surface area contributed by atoms with E-state index in [2.05, 4.69) is 102 Å². The minimum Gasteiger partial charge on any atom is -0.372 e. The molecule has 0 saturated carbocycles. The molecule has 3 rings (SSSR count). The molecule has 2 N–H and O–H groups in total. The molecule has 0 atom stereocenters. The van der Waals surface area contributed by atoms with E-state index in [1.807, 2.05) is 17.8 Å². The van der Waals surface area contributed by atoms with E-state index in [-0.39, 0.29) is 0 Å². The molecule has 162 valence electrons.